The van der Waals surface area contributed by atoms with E-state index in [1.54, 1.807) is 0 Å². The molecule has 1 aliphatic rings. The van der Waals surface area contributed by atoms with Crippen molar-refractivity contribution in [2.24, 2.45) is 0 Å². The molecule has 1 fully saturated rings. The predicted octanol–water partition coefficient (Wildman–Crippen LogP) is 4.81. The van der Waals surface area contributed by atoms with E-state index in [1.807, 2.05) is 12.3 Å². The Morgan fingerprint density at radius 1 is 1.32 bits per heavy atom. The molecule has 0 radical (unpaired) electrons. The monoisotopic (exact) mass is 319 g/mol. The summed E-state index contributed by atoms with van der Waals surface area (Å²) in [6.45, 7) is 2.11. The third kappa shape index (κ3) is 2.54. The van der Waals surface area contributed by atoms with Crippen molar-refractivity contribution in [3.05, 3.63) is 40.6 Å². The number of aromatic nitrogens is 2. The zero-order chi connectivity index (χ0) is 13.2. The first-order valence-corrected chi connectivity index (χ1v) is 7.60. The third-order valence-corrected chi connectivity index (χ3v) is 4.76. The van der Waals surface area contributed by atoms with E-state index in [2.05, 4.69) is 56.1 Å². The fourth-order valence-corrected chi connectivity index (χ4v) is 3.12. The van der Waals surface area contributed by atoms with Crippen molar-refractivity contribution in [1.29, 1.82) is 0 Å². The highest BCUT2D eigenvalue weighted by Gasteiger charge is 2.19. The molecule has 3 nitrogen and oxygen atoms in total. The number of imidazole rings is 1. The van der Waals surface area contributed by atoms with Crippen LogP contribution in [-0.4, -0.2) is 9.55 Å². The van der Waals surface area contributed by atoms with Crippen molar-refractivity contribution >= 4 is 27.6 Å². The summed E-state index contributed by atoms with van der Waals surface area (Å²) in [5.74, 6) is 0.952. The molecule has 0 spiro atoms. The Kier molecular flexibility index (Phi) is 3.60. The molecule has 1 N–H and O–H groups in total. The molecule has 0 bridgehead atoms. The van der Waals surface area contributed by atoms with E-state index < -0.39 is 0 Å². The summed E-state index contributed by atoms with van der Waals surface area (Å²) in [4.78, 5) is 4.46. The normalized spacial score (nSPS) is 15.9. The summed E-state index contributed by atoms with van der Waals surface area (Å²) < 4.78 is 3.41. The molecule has 4 heteroatoms. The van der Waals surface area contributed by atoms with Crippen molar-refractivity contribution in [1.82, 2.24) is 9.55 Å². The molecule has 1 heterocycles. The number of nitrogens with zero attached hydrogens (tertiary/aromatic N) is 2. The van der Waals surface area contributed by atoms with E-state index >= 15 is 0 Å². The van der Waals surface area contributed by atoms with Crippen molar-refractivity contribution in [2.75, 3.05) is 5.32 Å². The molecule has 3 rings (SSSR count). The molecule has 2 aromatic rings. The molecule has 1 aromatic heterocycles. The zero-order valence-electron chi connectivity index (χ0n) is 11.1. The Balaban J connectivity index is 1.87. The Morgan fingerprint density at radius 2 is 2.11 bits per heavy atom. The van der Waals surface area contributed by atoms with Crippen LogP contribution in [0.5, 0.6) is 0 Å². The largest absolute Gasteiger partial charge is 0.325 e. The Morgan fingerprint density at radius 3 is 2.89 bits per heavy atom. The van der Waals surface area contributed by atoms with Gasteiger partial charge in [0.2, 0.25) is 5.95 Å². The Labute approximate surface area is 122 Å². The Bertz CT molecular complexity index is 571. The quantitative estimate of drug-likeness (QED) is 0.879. The van der Waals surface area contributed by atoms with E-state index in [0.717, 1.165) is 16.1 Å². The average Bonchev–Trinajstić information content (AvgIpc) is 3.05. The molecule has 19 heavy (non-hydrogen) atoms. The SMILES string of the molecule is Cc1c(Br)cccc1Nc1nccn1C1CCCC1. The van der Waals surface area contributed by atoms with Crippen LogP contribution in [0.2, 0.25) is 0 Å². The molecule has 0 unspecified atom stereocenters. The van der Waals surface area contributed by atoms with Gasteiger partial charge in [-0.05, 0) is 37.5 Å². The molecule has 100 valence electrons. The van der Waals surface area contributed by atoms with E-state index in [0.29, 0.717) is 6.04 Å². The minimum Gasteiger partial charge on any atom is -0.325 e. The summed E-state index contributed by atoms with van der Waals surface area (Å²) >= 11 is 3.57. The van der Waals surface area contributed by atoms with Crippen LogP contribution >= 0.6 is 15.9 Å². The van der Waals surface area contributed by atoms with E-state index in [4.69, 9.17) is 0 Å². The van der Waals surface area contributed by atoms with Gasteiger partial charge in [-0.15, -0.1) is 0 Å². The van der Waals surface area contributed by atoms with Crippen molar-refractivity contribution in [3.63, 3.8) is 0 Å². The molecule has 0 atom stereocenters. The van der Waals surface area contributed by atoms with Crippen LogP contribution in [0.25, 0.3) is 0 Å². The molecule has 1 saturated carbocycles. The Hall–Kier alpha value is -1.29. The van der Waals surface area contributed by atoms with Gasteiger partial charge >= 0.3 is 0 Å². The number of nitrogens with one attached hydrogen (secondary N) is 1. The van der Waals surface area contributed by atoms with Crippen LogP contribution < -0.4 is 5.32 Å². The van der Waals surface area contributed by atoms with Gasteiger partial charge in [-0.1, -0.05) is 34.8 Å². The van der Waals surface area contributed by atoms with Gasteiger partial charge in [0.15, 0.2) is 0 Å². The standard InChI is InChI=1S/C15H18BrN3/c1-11-13(16)7-4-8-14(11)18-15-17-9-10-19(15)12-5-2-3-6-12/h4,7-10,12H,2-3,5-6H2,1H3,(H,17,18). The van der Waals surface area contributed by atoms with Crippen LogP contribution in [0.3, 0.4) is 0 Å². The van der Waals surface area contributed by atoms with E-state index in [1.165, 1.54) is 31.2 Å². The highest BCUT2D eigenvalue weighted by atomic mass is 79.9. The number of hydrogen-bond acceptors (Lipinski definition) is 2. The van der Waals surface area contributed by atoms with Crippen LogP contribution in [0, 0.1) is 6.92 Å². The summed E-state index contributed by atoms with van der Waals surface area (Å²) in [7, 11) is 0. The summed E-state index contributed by atoms with van der Waals surface area (Å²) in [6, 6.07) is 6.80. The second kappa shape index (κ2) is 5.37. The minimum atomic E-state index is 0.609. The molecule has 0 amide bonds. The van der Waals surface area contributed by atoms with Gasteiger partial charge in [0.05, 0.1) is 0 Å². The number of benzene rings is 1. The van der Waals surface area contributed by atoms with Gasteiger partial charge in [0, 0.05) is 28.6 Å². The maximum Gasteiger partial charge on any atom is 0.207 e. The van der Waals surface area contributed by atoms with Gasteiger partial charge in [-0.3, -0.25) is 0 Å². The van der Waals surface area contributed by atoms with Gasteiger partial charge in [0.25, 0.3) is 0 Å². The number of hydrogen-bond donors (Lipinski definition) is 1. The van der Waals surface area contributed by atoms with Gasteiger partial charge in [-0.25, -0.2) is 4.98 Å². The van der Waals surface area contributed by atoms with Crippen molar-refractivity contribution < 1.29 is 0 Å². The van der Waals surface area contributed by atoms with Gasteiger partial charge < -0.3 is 9.88 Å². The lowest BCUT2D eigenvalue weighted by Crippen LogP contribution is -2.08. The lowest BCUT2D eigenvalue weighted by atomic mass is 10.2. The number of anilines is 2. The van der Waals surface area contributed by atoms with Crippen molar-refractivity contribution in [3.8, 4) is 0 Å². The van der Waals surface area contributed by atoms with Gasteiger partial charge in [0.1, 0.15) is 0 Å². The molecular formula is C15H18BrN3. The first-order chi connectivity index (χ1) is 9.25. The fraction of sp³-hybridized carbons (Fsp3) is 0.400. The highest BCUT2D eigenvalue weighted by molar-refractivity contribution is 9.10. The van der Waals surface area contributed by atoms with E-state index in [9.17, 15) is 0 Å². The van der Waals surface area contributed by atoms with Crippen LogP contribution in [0.15, 0.2) is 35.1 Å². The lowest BCUT2D eigenvalue weighted by molar-refractivity contribution is 0.525. The predicted molar refractivity (Wildman–Crippen MR) is 81.9 cm³/mol. The molecule has 0 saturated heterocycles. The first kappa shape index (κ1) is 12.7. The molecule has 1 aliphatic carbocycles. The second-order valence-corrected chi connectivity index (χ2v) is 5.99. The summed E-state index contributed by atoms with van der Waals surface area (Å²) in [6.07, 6.45) is 9.17. The van der Waals surface area contributed by atoms with E-state index in [-0.39, 0.29) is 0 Å². The minimum absolute atomic E-state index is 0.609. The van der Waals surface area contributed by atoms with Crippen LogP contribution in [0.1, 0.15) is 37.3 Å². The number of halogens is 1. The maximum atomic E-state index is 4.46. The van der Waals surface area contributed by atoms with Gasteiger partial charge in [-0.2, -0.15) is 0 Å². The zero-order valence-corrected chi connectivity index (χ0v) is 12.7. The topological polar surface area (TPSA) is 29.9 Å². The molecule has 1 aromatic carbocycles. The number of rotatable bonds is 3. The smallest absolute Gasteiger partial charge is 0.207 e. The average molecular weight is 320 g/mol. The highest BCUT2D eigenvalue weighted by Crippen LogP contribution is 2.33. The maximum absolute atomic E-state index is 4.46. The lowest BCUT2D eigenvalue weighted by Gasteiger charge is -2.17. The van der Waals surface area contributed by atoms with Crippen LogP contribution in [-0.2, 0) is 0 Å². The first-order valence-electron chi connectivity index (χ1n) is 6.80. The second-order valence-electron chi connectivity index (χ2n) is 5.13. The van der Waals surface area contributed by atoms with Crippen LogP contribution in [0.4, 0.5) is 11.6 Å². The molecule has 0 aliphatic heterocycles. The summed E-state index contributed by atoms with van der Waals surface area (Å²) in [5.41, 5.74) is 2.32. The third-order valence-electron chi connectivity index (χ3n) is 3.90. The summed E-state index contributed by atoms with van der Waals surface area (Å²) in [5, 5.41) is 3.46. The van der Waals surface area contributed by atoms with Crippen molar-refractivity contribution in [2.45, 2.75) is 38.6 Å². The fourth-order valence-electron chi connectivity index (χ4n) is 2.75. The molecular weight excluding hydrogens is 302 g/mol.